The molecule has 2 rings (SSSR count). The molecule has 5 heteroatoms. The first-order chi connectivity index (χ1) is 12.5. The predicted molar refractivity (Wildman–Crippen MR) is 118 cm³/mol. The molecule has 0 saturated carbocycles. The fourth-order valence-corrected chi connectivity index (χ4v) is 9.76. The van der Waals surface area contributed by atoms with Gasteiger partial charge in [-0.2, -0.15) is 0 Å². The number of rotatable bonds is 8. The molecule has 0 saturated heterocycles. The van der Waals surface area contributed by atoms with Gasteiger partial charge in [0.25, 0.3) is 0 Å². The van der Waals surface area contributed by atoms with Gasteiger partial charge < -0.3 is 13.0 Å². The lowest BCUT2D eigenvalue weighted by Gasteiger charge is -2.34. The van der Waals surface area contributed by atoms with Crippen molar-refractivity contribution in [2.45, 2.75) is 65.7 Å². The highest BCUT2D eigenvalue weighted by atomic mass is 28.5. The molecular weight excluding hydrogens is 368 g/mol. The molecule has 0 aliphatic carbocycles. The highest BCUT2D eigenvalue weighted by Crippen LogP contribution is 2.31. The van der Waals surface area contributed by atoms with Crippen molar-refractivity contribution >= 4 is 17.1 Å². The van der Waals surface area contributed by atoms with Crippen molar-refractivity contribution in [3.63, 3.8) is 0 Å². The van der Waals surface area contributed by atoms with Gasteiger partial charge in [0.2, 0.25) is 0 Å². The predicted octanol–water partition coefficient (Wildman–Crippen LogP) is 6.81. The van der Waals surface area contributed by atoms with Gasteiger partial charge in [-0.15, -0.1) is 0 Å². The van der Waals surface area contributed by atoms with Gasteiger partial charge in [-0.05, 0) is 61.3 Å². The summed E-state index contributed by atoms with van der Waals surface area (Å²) in [7, 11) is -4.84. The summed E-state index contributed by atoms with van der Waals surface area (Å²) in [4.78, 5) is 0. The number of para-hydroxylation sites is 2. The van der Waals surface area contributed by atoms with E-state index in [4.69, 9.17) is 13.0 Å². The molecule has 0 unspecified atom stereocenters. The molecule has 3 nitrogen and oxygen atoms in total. The number of hydrogen-bond acceptors (Lipinski definition) is 3. The molecule has 148 valence electrons. The SMILES string of the molecule is CC(C)c1ccccc1O[Si](C)(C)O[Si](C)(C)Oc1ccccc1C(C)C. The normalized spacial score (nSPS) is 12.5. The smallest absolute Gasteiger partial charge is 0.384 e. The Morgan fingerprint density at radius 2 is 0.926 bits per heavy atom. The Morgan fingerprint density at radius 1 is 0.593 bits per heavy atom. The van der Waals surface area contributed by atoms with E-state index in [1.165, 1.54) is 11.1 Å². The third-order valence-corrected chi connectivity index (χ3v) is 9.64. The van der Waals surface area contributed by atoms with E-state index in [1.807, 2.05) is 24.3 Å². The third-order valence-electron chi connectivity index (χ3n) is 4.29. The van der Waals surface area contributed by atoms with Crippen LogP contribution in [0, 0.1) is 0 Å². The second-order valence-corrected chi connectivity index (χ2v) is 15.3. The second kappa shape index (κ2) is 8.63. The monoisotopic (exact) mass is 402 g/mol. The molecule has 2 aromatic rings. The molecule has 0 N–H and O–H groups in total. The number of hydrogen-bond donors (Lipinski definition) is 0. The van der Waals surface area contributed by atoms with E-state index < -0.39 is 17.1 Å². The van der Waals surface area contributed by atoms with Crippen LogP contribution in [-0.2, 0) is 4.12 Å². The van der Waals surface area contributed by atoms with Gasteiger partial charge in [0, 0.05) is 0 Å². The quantitative estimate of drug-likeness (QED) is 0.454. The van der Waals surface area contributed by atoms with E-state index in [-0.39, 0.29) is 0 Å². The maximum Gasteiger partial charge on any atom is 0.384 e. The minimum atomic E-state index is -2.42. The molecule has 0 bridgehead atoms. The van der Waals surface area contributed by atoms with E-state index >= 15 is 0 Å². The summed E-state index contributed by atoms with van der Waals surface area (Å²) in [6.07, 6.45) is 0. The zero-order chi connectivity index (χ0) is 20.2. The molecule has 2 aromatic carbocycles. The van der Waals surface area contributed by atoms with Crippen LogP contribution in [0.3, 0.4) is 0 Å². The average molecular weight is 403 g/mol. The Hall–Kier alpha value is -1.57. The van der Waals surface area contributed by atoms with Crippen molar-refractivity contribution in [2.24, 2.45) is 0 Å². The van der Waals surface area contributed by atoms with Crippen molar-refractivity contribution in [1.29, 1.82) is 0 Å². The van der Waals surface area contributed by atoms with Crippen molar-refractivity contribution in [3.05, 3.63) is 59.7 Å². The van der Waals surface area contributed by atoms with E-state index in [0.717, 1.165) is 11.5 Å². The largest absolute Gasteiger partial charge is 0.521 e. The Kier molecular flexibility index (Phi) is 6.94. The molecule has 27 heavy (non-hydrogen) atoms. The minimum absolute atomic E-state index is 0.408. The molecule has 0 fully saturated rings. The Morgan fingerprint density at radius 3 is 1.26 bits per heavy atom. The molecule has 0 aliphatic heterocycles. The summed E-state index contributed by atoms with van der Waals surface area (Å²) in [5.74, 6) is 2.67. The molecule has 0 radical (unpaired) electrons. The van der Waals surface area contributed by atoms with Crippen LogP contribution in [0.4, 0.5) is 0 Å². The highest BCUT2D eigenvalue weighted by molar-refractivity contribution is 6.79. The summed E-state index contributed by atoms with van der Waals surface area (Å²) in [6, 6.07) is 16.5. The first-order valence-electron chi connectivity index (χ1n) is 9.77. The van der Waals surface area contributed by atoms with E-state index in [0.29, 0.717) is 11.8 Å². The van der Waals surface area contributed by atoms with Gasteiger partial charge in [-0.25, -0.2) is 0 Å². The van der Waals surface area contributed by atoms with Crippen molar-refractivity contribution in [2.75, 3.05) is 0 Å². The van der Waals surface area contributed by atoms with Gasteiger partial charge in [0.15, 0.2) is 0 Å². The molecule has 0 aliphatic rings. The minimum Gasteiger partial charge on any atom is -0.521 e. The summed E-state index contributed by atoms with van der Waals surface area (Å²) < 4.78 is 19.4. The van der Waals surface area contributed by atoms with Crippen LogP contribution in [0.25, 0.3) is 0 Å². The van der Waals surface area contributed by atoms with Crippen molar-refractivity contribution in [1.82, 2.24) is 0 Å². The maximum absolute atomic E-state index is 6.54. The van der Waals surface area contributed by atoms with E-state index in [2.05, 4.69) is 78.1 Å². The molecule has 0 amide bonds. The average Bonchev–Trinajstić information content (AvgIpc) is 2.53. The lowest BCUT2D eigenvalue weighted by Crippen LogP contribution is -2.52. The second-order valence-electron chi connectivity index (χ2n) is 8.49. The van der Waals surface area contributed by atoms with Gasteiger partial charge in [-0.3, -0.25) is 0 Å². The lowest BCUT2D eigenvalue weighted by molar-refractivity contribution is 0.331. The first kappa shape index (κ1) is 21.7. The summed E-state index contributed by atoms with van der Waals surface area (Å²) in [6.45, 7) is 17.1. The summed E-state index contributed by atoms with van der Waals surface area (Å²) >= 11 is 0. The Bertz CT molecular complexity index is 691. The third kappa shape index (κ3) is 6.23. The molecular formula is C22H34O3Si2. The van der Waals surface area contributed by atoms with Crippen LogP contribution in [0.15, 0.2) is 48.5 Å². The van der Waals surface area contributed by atoms with Crippen LogP contribution < -0.4 is 8.85 Å². The fraction of sp³-hybridized carbons (Fsp3) is 0.455. The molecule has 0 atom stereocenters. The highest BCUT2D eigenvalue weighted by Gasteiger charge is 2.40. The zero-order valence-electron chi connectivity index (χ0n) is 18.0. The molecule has 0 heterocycles. The summed E-state index contributed by atoms with van der Waals surface area (Å²) in [5.41, 5.74) is 2.43. The van der Waals surface area contributed by atoms with Gasteiger partial charge in [0.05, 0.1) is 0 Å². The topological polar surface area (TPSA) is 27.7 Å². The van der Waals surface area contributed by atoms with Crippen LogP contribution >= 0.6 is 0 Å². The fourth-order valence-electron chi connectivity index (χ4n) is 3.26. The Labute approximate surface area is 167 Å². The lowest BCUT2D eigenvalue weighted by atomic mass is 10.0. The van der Waals surface area contributed by atoms with Crippen molar-refractivity contribution in [3.8, 4) is 11.5 Å². The van der Waals surface area contributed by atoms with Gasteiger partial charge in [0.1, 0.15) is 11.5 Å². The van der Waals surface area contributed by atoms with Gasteiger partial charge >= 0.3 is 17.1 Å². The van der Waals surface area contributed by atoms with Crippen LogP contribution in [0.1, 0.15) is 50.7 Å². The van der Waals surface area contributed by atoms with E-state index in [1.54, 1.807) is 0 Å². The van der Waals surface area contributed by atoms with Gasteiger partial charge in [-0.1, -0.05) is 64.1 Å². The summed E-state index contributed by atoms with van der Waals surface area (Å²) in [5, 5.41) is 0. The molecule has 0 aromatic heterocycles. The Balaban J connectivity index is 2.17. The number of benzene rings is 2. The standard InChI is InChI=1S/C22H34O3Si2/c1-17(2)19-13-9-11-15-21(19)23-26(5,6)25-27(7,8)24-22-16-12-10-14-20(22)18(3)4/h9-18H,1-8H3. The van der Waals surface area contributed by atoms with Crippen molar-refractivity contribution < 1.29 is 13.0 Å². The first-order valence-corrected chi connectivity index (χ1v) is 15.4. The maximum atomic E-state index is 6.54. The van der Waals surface area contributed by atoms with Crippen LogP contribution in [0.2, 0.25) is 26.2 Å². The van der Waals surface area contributed by atoms with E-state index in [9.17, 15) is 0 Å². The van der Waals surface area contributed by atoms with Crippen LogP contribution in [0.5, 0.6) is 11.5 Å². The van der Waals surface area contributed by atoms with Crippen LogP contribution in [-0.4, -0.2) is 17.1 Å². The molecule has 0 spiro atoms. The zero-order valence-corrected chi connectivity index (χ0v) is 20.0.